The molecule has 4 aromatic rings. The Kier molecular flexibility index (Phi) is 3.21. The van der Waals surface area contributed by atoms with E-state index < -0.39 is 0 Å². The summed E-state index contributed by atoms with van der Waals surface area (Å²) >= 11 is 8.07. The molecule has 0 fully saturated rings. The Hall–Kier alpha value is -2.25. The molecule has 0 aromatic carbocycles. The molecular weight excluding hydrogens is 332 g/mol. The molecule has 0 bridgehead atoms. The largest absolute Gasteiger partial charge is 0.248 e. The SMILES string of the molecule is Cc1ccc2nc(C)c(-c3sc(-c4ncnn4C)cc3Cl)n2n1. The van der Waals surface area contributed by atoms with Gasteiger partial charge in [0.05, 0.1) is 26.2 Å². The van der Waals surface area contributed by atoms with E-state index in [2.05, 4.69) is 20.2 Å². The molecule has 8 heteroatoms. The maximum Gasteiger partial charge on any atom is 0.167 e. The van der Waals surface area contributed by atoms with E-state index in [1.54, 1.807) is 16.0 Å². The van der Waals surface area contributed by atoms with Crippen molar-refractivity contribution in [3.05, 3.63) is 40.9 Å². The number of hydrogen-bond acceptors (Lipinski definition) is 5. The zero-order chi connectivity index (χ0) is 16.1. The third-order valence-electron chi connectivity index (χ3n) is 3.62. The van der Waals surface area contributed by atoms with Gasteiger partial charge in [-0.05, 0) is 32.0 Å². The van der Waals surface area contributed by atoms with Gasteiger partial charge in [-0.25, -0.2) is 19.2 Å². The van der Waals surface area contributed by atoms with Gasteiger partial charge >= 0.3 is 0 Å². The Morgan fingerprint density at radius 2 is 2.04 bits per heavy atom. The number of fused-ring (bicyclic) bond motifs is 1. The Labute approximate surface area is 141 Å². The van der Waals surface area contributed by atoms with Gasteiger partial charge in [0.15, 0.2) is 11.5 Å². The normalized spacial score (nSPS) is 11.5. The van der Waals surface area contributed by atoms with Crippen molar-refractivity contribution >= 4 is 28.6 Å². The van der Waals surface area contributed by atoms with Crippen LogP contribution in [-0.4, -0.2) is 29.4 Å². The van der Waals surface area contributed by atoms with Crippen molar-refractivity contribution in [1.29, 1.82) is 0 Å². The monoisotopic (exact) mass is 344 g/mol. The third kappa shape index (κ3) is 2.24. The maximum atomic E-state index is 6.50. The van der Waals surface area contributed by atoms with Crippen LogP contribution in [0.4, 0.5) is 0 Å². The second-order valence-corrected chi connectivity index (χ2v) is 6.74. The first-order valence-corrected chi connectivity index (χ1v) is 8.21. The summed E-state index contributed by atoms with van der Waals surface area (Å²) in [5.41, 5.74) is 3.56. The number of hydrogen-bond donors (Lipinski definition) is 0. The van der Waals surface area contributed by atoms with Gasteiger partial charge in [0.2, 0.25) is 0 Å². The van der Waals surface area contributed by atoms with Crippen LogP contribution in [0.5, 0.6) is 0 Å². The van der Waals surface area contributed by atoms with Gasteiger partial charge in [0.25, 0.3) is 0 Å². The number of rotatable bonds is 2. The molecule has 0 radical (unpaired) electrons. The quantitative estimate of drug-likeness (QED) is 0.558. The first kappa shape index (κ1) is 14.3. The van der Waals surface area contributed by atoms with Gasteiger partial charge < -0.3 is 0 Å². The second-order valence-electron chi connectivity index (χ2n) is 5.29. The van der Waals surface area contributed by atoms with Gasteiger partial charge in [-0.2, -0.15) is 10.2 Å². The van der Waals surface area contributed by atoms with Gasteiger partial charge in [0, 0.05) is 7.05 Å². The van der Waals surface area contributed by atoms with Crippen molar-refractivity contribution in [2.24, 2.45) is 7.05 Å². The fourth-order valence-electron chi connectivity index (χ4n) is 2.56. The van der Waals surface area contributed by atoms with Gasteiger partial charge in [-0.3, -0.25) is 0 Å². The van der Waals surface area contributed by atoms with E-state index in [-0.39, 0.29) is 0 Å². The average Bonchev–Trinajstić information content (AvgIpc) is 3.16. The van der Waals surface area contributed by atoms with Crippen molar-refractivity contribution in [2.75, 3.05) is 0 Å². The molecule has 0 amide bonds. The molecule has 4 aromatic heterocycles. The predicted octanol–water partition coefficient (Wildman–Crippen LogP) is 3.52. The Balaban J connectivity index is 1.95. The van der Waals surface area contributed by atoms with Crippen LogP contribution < -0.4 is 0 Å². The average molecular weight is 345 g/mol. The van der Waals surface area contributed by atoms with Crippen molar-refractivity contribution in [1.82, 2.24) is 29.4 Å². The summed E-state index contributed by atoms with van der Waals surface area (Å²) in [5.74, 6) is 0.791. The molecule has 0 atom stereocenters. The lowest BCUT2D eigenvalue weighted by atomic mass is 10.3. The summed E-state index contributed by atoms with van der Waals surface area (Å²) < 4.78 is 3.58. The van der Waals surface area contributed by atoms with Gasteiger partial charge in [-0.1, -0.05) is 11.6 Å². The zero-order valence-corrected chi connectivity index (χ0v) is 14.4. The van der Waals surface area contributed by atoms with Crippen molar-refractivity contribution in [3.63, 3.8) is 0 Å². The summed E-state index contributed by atoms with van der Waals surface area (Å²) in [4.78, 5) is 10.8. The minimum absolute atomic E-state index is 0.668. The molecule has 0 N–H and O–H groups in total. The molecule has 0 saturated heterocycles. The van der Waals surface area contributed by atoms with Crippen LogP contribution >= 0.6 is 22.9 Å². The molecule has 6 nitrogen and oxygen atoms in total. The van der Waals surface area contributed by atoms with Gasteiger partial charge in [-0.15, -0.1) is 11.3 Å². The Morgan fingerprint density at radius 1 is 1.22 bits per heavy atom. The lowest BCUT2D eigenvalue weighted by Gasteiger charge is -2.01. The van der Waals surface area contributed by atoms with Crippen LogP contribution in [-0.2, 0) is 7.05 Å². The third-order valence-corrected chi connectivity index (χ3v) is 5.17. The second kappa shape index (κ2) is 5.14. The highest BCUT2D eigenvalue weighted by Gasteiger charge is 2.20. The fraction of sp³-hybridized carbons (Fsp3) is 0.200. The number of nitrogens with zero attached hydrogens (tertiary/aromatic N) is 6. The lowest BCUT2D eigenvalue weighted by molar-refractivity contribution is 0.776. The van der Waals surface area contributed by atoms with Crippen LogP contribution in [0.15, 0.2) is 24.5 Å². The lowest BCUT2D eigenvalue weighted by Crippen LogP contribution is -1.95. The maximum absolute atomic E-state index is 6.50. The highest BCUT2D eigenvalue weighted by molar-refractivity contribution is 7.19. The van der Waals surface area contributed by atoms with Crippen LogP contribution in [0.1, 0.15) is 11.4 Å². The van der Waals surface area contributed by atoms with Crippen LogP contribution in [0, 0.1) is 13.8 Å². The number of aromatic nitrogens is 6. The Morgan fingerprint density at radius 3 is 2.78 bits per heavy atom. The molecule has 4 rings (SSSR count). The highest BCUT2D eigenvalue weighted by Crippen LogP contribution is 2.41. The number of aryl methyl sites for hydroxylation is 3. The number of imidazole rings is 1. The van der Waals surface area contributed by atoms with E-state index in [1.165, 1.54) is 6.33 Å². The molecular formula is C15H13ClN6S. The summed E-state index contributed by atoms with van der Waals surface area (Å²) in [7, 11) is 1.86. The highest BCUT2D eigenvalue weighted by atomic mass is 35.5. The molecule has 0 saturated carbocycles. The van der Waals surface area contributed by atoms with Crippen LogP contribution in [0.2, 0.25) is 5.02 Å². The van der Waals surface area contributed by atoms with E-state index in [4.69, 9.17) is 11.6 Å². The molecule has 0 unspecified atom stereocenters. The van der Waals surface area contributed by atoms with Crippen LogP contribution in [0.3, 0.4) is 0 Å². The van der Waals surface area contributed by atoms with E-state index in [0.29, 0.717) is 5.02 Å². The predicted molar refractivity (Wildman–Crippen MR) is 90.8 cm³/mol. The van der Waals surface area contributed by atoms with E-state index >= 15 is 0 Å². The van der Waals surface area contributed by atoms with E-state index in [9.17, 15) is 0 Å². The smallest absolute Gasteiger partial charge is 0.167 e. The minimum Gasteiger partial charge on any atom is -0.248 e. The number of halogens is 1. The standard InChI is InChI=1S/C15H13ClN6S/c1-8-4-5-12-19-9(2)13(22(12)20-8)14-10(16)6-11(23-14)15-17-7-18-21(15)3/h4-7H,1-3H3. The summed E-state index contributed by atoms with van der Waals surface area (Å²) in [6, 6.07) is 5.83. The summed E-state index contributed by atoms with van der Waals surface area (Å²) in [6.45, 7) is 3.93. The summed E-state index contributed by atoms with van der Waals surface area (Å²) in [5, 5.41) is 9.35. The minimum atomic E-state index is 0.668. The topological polar surface area (TPSA) is 60.9 Å². The number of thiophene rings is 1. The molecule has 0 aliphatic carbocycles. The summed E-state index contributed by atoms with van der Waals surface area (Å²) in [6.07, 6.45) is 1.53. The first-order chi connectivity index (χ1) is 11.0. The van der Waals surface area contributed by atoms with E-state index in [1.807, 2.05) is 43.6 Å². The molecule has 4 heterocycles. The van der Waals surface area contributed by atoms with Crippen LogP contribution in [0.25, 0.3) is 26.9 Å². The molecule has 116 valence electrons. The molecule has 0 aliphatic rings. The van der Waals surface area contributed by atoms with Crippen molar-refractivity contribution < 1.29 is 0 Å². The Bertz CT molecular complexity index is 1030. The molecule has 0 aliphatic heterocycles. The van der Waals surface area contributed by atoms with Crippen molar-refractivity contribution in [2.45, 2.75) is 13.8 Å². The molecule has 23 heavy (non-hydrogen) atoms. The van der Waals surface area contributed by atoms with Crippen molar-refractivity contribution in [3.8, 4) is 21.3 Å². The zero-order valence-electron chi connectivity index (χ0n) is 12.8. The van der Waals surface area contributed by atoms with Gasteiger partial charge in [0.1, 0.15) is 12.0 Å². The fourth-order valence-corrected chi connectivity index (χ4v) is 4.09. The molecule has 0 spiro atoms. The first-order valence-electron chi connectivity index (χ1n) is 7.01. The van der Waals surface area contributed by atoms with E-state index in [0.717, 1.165) is 38.3 Å².